The molecule has 0 amide bonds. The van der Waals surface area contributed by atoms with E-state index in [1.54, 1.807) is 27.3 Å². The van der Waals surface area contributed by atoms with Crippen LogP contribution in [0.4, 0.5) is 17.6 Å². The minimum absolute atomic E-state index is 0.123. The number of aromatic nitrogens is 7. The van der Waals surface area contributed by atoms with Crippen molar-refractivity contribution in [2.75, 3.05) is 0 Å². The molecule has 1 aromatic carbocycles. The number of benzene rings is 1. The fraction of sp³-hybridized carbons (Fsp3) is 0.250. The zero-order valence-electron chi connectivity index (χ0n) is 16.5. The Morgan fingerprint density at radius 2 is 1.66 bits per heavy atom. The first-order valence-electron chi connectivity index (χ1n) is 9.56. The molecule has 4 aromatic rings. The fourth-order valence-electron chi connectivity index (χ4n) is 3.82. The maximum Gasteiger partial charge on any atom is 0.417 e. The van der Waals surface area contributed by atoms with Crippen LogP contribution in [0.5, 0.6) is 0 Å². The maximum atomic E-state index is 13.3. The lowest BCUT2D eigenvalue weighted by atomic mass is 10.1. The molecule has 0 aliphatic carbocycles. The van der Waals surface area contributed by atoms with Crippen molar-refractivity contribution < 1.29 is 17.6 Å². The third-order valence-electron chi connectivity index (χ3n) is 5.25. The monoisotopic (exact) mass is 463 g/mol. The summed E-state index contributed by atoms with van der Waals surface area (Å²) in [4.78, 5) is 4.25. The number of pyridine rings is 1. The fourth-order valence-corrected chi connectivity index (χ4v) is 4.14. The van der Waals surface area contributed by atoms with Gasteiger partial charge in [0.25, 0.3) is 0 Å². The predicted molar refractivity (Wildman–Crippen MR) is 107 cm³/mol. The molecule has 164 valence electrons. The first-order valence-corrected chi connectivity index (χ1v) is 9.94. The van der Waals surface area contributed by atoms with Gasteiger partial charge in [0.15, 0.2) is 11.6 Å². The molecule has 0 saturated carbocycles. The molecule has 12 heteroatoms. The van der Waals surface area contributed by atoms with Crippen LogP contribution in [0.3, 0.4) is 0 Å². The molecular weight excluding hydrogens is 450 g/mol. The molecule has 0 radical (unpaired) electrons. The SMILES string of the molecule is C[C@H]1Cn2c(-c3cccc(CF)n3)nnc2-c2nnc(-c3cccc(C(F)(F)F)c3Cl)n21. The molecule has 0 spiro atoms. The van der Waals surface area contributed by atoms with E-state index < -0.39 is 23.4 Å². The third kappa shape index (κ3) is 3.15. The molecule has 4 heterocycles. The van der Waals surface area contributed by atoms with E-state index in [-0.39, 0.29) is 23.1 Å². The van der Waals surface area contributed by atoms with Gasteiger partial charge in [-0.15, -0.1) is 20.4 Å². The second-order valence-corrected chi connectivity index (χ2v) is 7.71. The molecule has 7 nitrogen and oxygen atoms in total. The Morgan fingerprint density at radius 3 is 2.41 bits per heavy atom. The highest BCUT2D eigenvalue weighted by Crippen LogP contribution is 2.41. The smallest absolute Gasteiger partial charge is 0.301 e. The number of rotatable bonds is 3. The predicted octanol–water partition coefficient (Wildman–Crippen LogP) is 4.98. The highest BCUT2D eigenvalue weighted by molar-refractivity contribution is 6.34. The molecular formula is C20H14ClF4N7. The number of halogens is 5. The third-order valence-corrected chi connectivity index (χ3v) is 5.66. The van der Waals surface area contributed by atoms with E-state index in [2.05, 4.69) is 25.4 Å². The molecule has 0 unspecified atom stereocenters. The van der Waals surface area contributed by atoms with Crippen molar-refractivity contribution in [2.24, 2.45) is 0 Å². The highest BCUT2D eigenvalue weighted by atomic mass is 35.5. The van der Waals surface area contributed by atoms with Gasteiger partial charge >= 0.3 is 6.18 Å². The Morgan fingerprint density at radius 1 is 0.969 bits per heavy atom. The Kier molecular flexibility index (Phi) is 4.73. The summed E-state index contributed by atoms with van der Waals surface area (Å²) in [6.45, 7) is 1.55. The van der Waals surface area contributed by atoms with E-state index in [0.717, 1.165) is 6.07 Å². The Balaban J connectivity index is 1.64. The Hall–Kier alpha value is -3.34. The summed E-state index contributed by atoms with van der Waals surface area (Å²) < 4.78 is 56.5. The standard InChI is InChI=1S/C20H14ClF4N7/c1-10-9-31-17(14-7-2-4-11(8-22)26-14)28-29-18(31)19-30-27-16(32(10)19)12-5-3-6-13(15(12)21)20(23,24)25/h2-7,10H,8-9H2,1H3/t10-/m0/s1. The number of nitrogens with zero attached hydrogens (tertiary/aromatic N) is 7. The summed E-state index contributed by atoms with van der Waals surface area (Å²) in [5.41, 5.74) is -0.0899. The summed E-state index contributed by atoms with van der Waals surface area (Å²) in [6, 6.07) is 8.37. The molecule has 1 aliphatic rings. The van der Waals surface area contributed by atoms with Crippen LogP contribution in [-0.4, -0.2) is 34.5 Å². The number of hydrogen-bond acceptors (Lipinski definition) is 5. The largest absolute Gasteiger partial charge is 0.417 e. The van der Waals surface area contributed by atoms with Gasteiger partial charge in [-0.25, -0.2) is 9.37 Å². The van der Waals surface area contributed by atoms with Crippen LogP contribution in [0.1, 0.15) is 24.2 Å². The van der Waals surface area contributed by atoms with E-state index in [0.29, 0.717) is 29.7 Å². The highest BCUT2D eigenvalue weighted by Gasteiger charge is 2.36. The van der Waals surface area contributed by atoms with E-state index >= 15 is 0 Å². The van der Waals surface area contributed by atoms with Crippen molar-refractivity contribution >= 4 is 11.6 Å². The normalized spacial score (nSPS) is 15.5. The van der Waals surface area contributed by atoms with Gasteiger partial charge in [-0.2, -0.15) is 13.2 Å². The van der Waals surface area contributed by atoms with E-state index in [4.69, 9.17) is 11.6 Å². The molecule has 0 N–H and O–H groups in total. The molecule has 1 aliphatic heterocycles. The summed E-state index contributed by atoms with van der Waals surface area (Å²) >= 11 is 6.11. The molecule has 32 heavy (non-hydrogen) atoms. The zero-order valence-corrected chi connectivity index (χ0v) is 17.2. The maximum absolute atomic E-state index is 13.3. The lowest BCUT2D eigenvalue weighted by molar-refractivity contribution is -0.137. The van der Waals surface area contributed by atoms with Crippen molar-refractivity contribution in [3.63, 3.8) is 0 Å². The Bertz CT molecular complexity index is 1330. The molecule has 1 atom stereocenters. The average Bonchev–Trinajstić information content (AvgIpc) is 3.38. The molecule has 0 saturated heterocycles. The van der Waals surface area contributed by atoms with Gasteiger partial charge in [0.05, 0.1) is 22.3 Å². The summed E-state index contributed by atoms with van der Waals surface area (Å²) in [5, 5.41) is 16.2. The first-order chi connectivity index (χ1) is 15.3. The van der Waals surface area contributed by atoms with Crippen LogP contribution >= 0.6 is 11.6 Å². The van der Waals surface area contributed by atoms with Gasteiger partial charge in [-0.05, 0) is 31.2 Å². The number of fused-ring (bicyclic) bond motifs is 3. The van der Waals surface area contributed by atoms with Crippen molar-refractivity contribution in [3.05, 3.63) is 52.7 Å². The van der Waals surface area contributed by atoms with E-state index in [1.807, 2.05) is 6.92 Å². The molecule has 0 fully saturated rings. The van der Waals surface area contributed by atoms with Crippen molar-refractivity contribution in [1.29, 1.82) is 0 Å². The molecule has 5 rings (SSSR count). The molecule has 3 aromatic heterocycles. The number of hydrogen-bond donors (Lipinski definition) is 0. The quantitative estimate of drug-likeness (QED) is 0.400. The minimum atomic E-state index is -4.60. The van der Waals surface area contributed by atoms with Crippen LogP contribution in [0.15, 0.2) is 36.4 Å². The second-order valence-electron chi connectivity index (χ2n) is 7.34. The lowest BCUT2D eigenvalue weighted by Gasteiger charge is -2.25. The first kappa shape index (κ1) is 20.6. The summed E-state index contributed by atoms with van der Waals surface area (Å²) in [5.74, 6) is 1.37. The minimum Gasteiger partial charge on any atom is -0.301 e. The topological polar surface area (TPSA) is 74.3 Å². The van der Waals surface area contributed by atoms with Crippen LogP contribution < -0.4 is 0 Å². The van der Waals surface area contributed by atoms with Gasteiger partial charge < -0.3 is 4.57 Å². The Labute approximate surface area is 183 Å². The number of alkyl halides is 4. The van der Waals surface area contributed by atoms with Crippen molar-refractivity contribution in [2.45, 2.75) is 32.4 Å². The average molecular weight is 464 g/mol. The van der Waals surface area contributed by atoms with Crippen molar-refractivity contribution in [1.82, 2.24) is 34.5 Å². The zero-order chi connectivity index (χ0) is 22.6. The van der Waals surface area contributed by atoms with Crippen LogP contribution in [0.2, 0.25) is 5.02 Å². The second kappa shape index (κ2) is 7.37. The van der Waals surface area contributed by atoms with Crippen LogP contribution in [0.25, 0.3) is 34.6 Å². The van der Waals surface area contributed by atoms with Crippen molar-refractivity contribution in [3.8, 4) is 34.6 Å². The summed E-state index contributed by atoms with van der Waals surface area (Å²) in [6.07, 6.45) is -4.60. The van der Waals surface area contributed by atoms with Gasteiger partial charge in [-0.3, -0.25) is 4.57 Å². The molecule has 0 bridgehead atoms. The van der Waals surface area contributed by atoms with E-state index in [9.17, 15) is 17.6 Å². The lowest BCUT2D eigenvalue weighted by Crippen LogP contribution is -2.22. The van der Waals surface area contributed by atoms with Gasteiger partial charge in [0.1, 0.15) is 12.4 Å². The van der Waals surface area contributed by atoms with Gasteiger partial charge in [0.2, 0.25) is 11.6 Å². The van der Waals surface area contributed by atoms with E-state index in [1.165, 1.54) is 12.1 Å². The van der Waals surface area contributed by atoms with Gasteiger partial charge in [0, 0.05) is 12.1 Å². The van der Waals surface area contributed by atoms with Gasteiger partial charge in [-0.1, -0.05) is 23.7 Å². The van der Waals surface area contributed by atoms with Crippen LogP contribution in [-0.2, 0) is 19.4 Å². The van der Waals surface area contributed by atoms with Crippen LogP contribution in [0, 0.1) is 0 Å². The summed E-state index contributed by atoms with van der Waals surface area (Å²) in [7, 11) is 0.